The lowest BCUT2D eigenvalue weighted by atomic mass is 10.1. The summed E-state index contributed by atoms with van der Waals surface area (Å²) >= 11 is 6.19. The van der Waals surface area contributed by atoms with Gasteiger partial charge in [0.1, 0.15) is 5.82 Å². The number of aromatic nitrogens is 2. The second kappa shape index (κ2) is 5.23. The molecule has 0 saturated heterocycles. The predicted octanol–water partition coefficient (Wildman–Crippen LogP) is 2.91. The third-order valence-electron chi connectivity index (χ3n) is 2.92. The summed E-state index contributed by atoms with van der Waals surface area (Å²) in [4.78, 5) is 10.3. The van der Waals surface area contributed by atoms with Gasteiger partial charge in [-0.1, -0.05) is 29.8 Å². The molecular weight excluding hydrogens is 248 g/mol. The van der Waals surface area contributed by atoms with Gasteiger partial charge in [0.25, 0.3) is 0 Å². The summed E-state index contributed by atoms with van der Waals surface area (Å²) in [5, 5.41) is 0.737. The predicted molar refractivity (Wildman–Crippen MR) is 74.7 cm³/mol. The fraction of sp³-hybridized carbons (Fsp3) is 0.231. The Morgan fingerprint density at radius 2 is 2.00 bits per heavy atom. The van der Waals surface area contributed by atoms with Crippen LogP contribution in [0.3, 0.4) is 0 Å². The van der Waals surface area contributed by atoms with Crippen molar-refractivity contribution in [3.05, 3.63) is 47.1 Å². The zero-order valence-corrected chi connectivity index (χ0v) is 11.1. The SMILES string of the molecule is CC(c1ccccc1Cl)N(C)c1nccc(N)n1. The van der Waals surface area contributed by atoms with Gasteiger partial charge in [0.2, 0.25) is 5.95 Å². The van der Waals surface area contributed by atoms with E-state index in [1.54, 1.807) is 12.3 Å². The van der Waals surface area contributed by atoms with Crippen LogP contribution in [0.15, 0.2) is 36.5 Å². The summed E-state index contributed by atoms with van der Waals surface area (Å²) in [6, 6.07) is 9.48. The first kappa shape index (κ1) is 12.6. The fourth-order valence-electron chi connectivity index (χ4n) is 1.73. The van der Waals surface area contributed by atoms with Crippen LogP contribution in [0.4, 0.5) is 11.8 Å². The maximum Gasteiger partial charge on any atom is 0.227 e. The molecule has 5 heteroatoms. The molecule has 1 aromatic heterocycles. The number of benzene rings is 1. The van der Waals surface area contributed by atoms with Crippen molar-refractivity contribution < 1.29 is 0 Å². The van der Waals surface area contributed by atoms with Gasteiger partial charge >= 0.3 is 0 Å². The third kappa shape index (κ3) is 2.54. The molecule has 18 heavy (non-hydrogen) atoms. The molecule has 1 heterocycles. The van der Waals surface area contributed by atoms with Crippen molar-refractivity contribution in [2.24, 2.45) is 0 Å². The first-order valence-electron chi connectivity index (χ1n) is 5.65. The molecule has 0 amide bonds. The highest BCUT2D eigenvalue weighted by atomic mass is 35.5. The Balaban J connectivity index is 2.29. The van der Waals surface area contributed by atoms with E-state index in [2.05, 4.69) is 9.97 Å². The Morgan fingerprint density at radius 1 is 1.28 bits per heavy atom. The van der Waals surface area contributed by atoms with Gasteiger partial charge in [0, 0.05) is 18.3 Å². The van der Waals surface area contributed by atoms with Crippen LogP contribution in [0.2, 0.25) is 5.02 Å². The van der Waals surface area contributed by atoms with E-state index in [9.17, 15) is 0 Å². The van der Waals surface area contributed by atoms with E-state index in [0.29, 0.717) is 11.8 Å². The van der Waals surface area contributed by atoms with E-state index in [1.807, 2.05) is 43.1 Å². The zero-order chi connectivity index (χ0) is 13.1. The van der Waals surface area contributed by atoms with Gasteiger partial charge in [-0.25, -0.2) is 4.98 Å². The lowest BCUT2D eigenvalue weighted by Crippen LogP contribution is -2.24. The van der Waals surface area contributed by atoms with Crippen LogP contribution in [0.25, 0.3) is 0 Å². The standard InChI is InChI=1S/C13H15ClN4/c1-9(10-5-3-4-6-11(10)14)18(2)13-16-8-7-12(15)17-13/h3-9H,1-2H3,(H2,15,16,17). The molecule has 0 spiro atoms. The van der Waals surface area contributed by atoms with Crippen molar-refractivity contribution in [1.29, 1.82) is 0 Å². The number of hydrogen-bond donors (Lipinski definition) is 1. The maximum absolute atomic E-state index is 6.19. The summed E-state index contributed by atoms with van der Waals surface area (Å²) in [6.45, 7) is 2.05. The van der Waals surface area contributed by atoms with Crippen LogP contribution >= 0.6 is 11.6 Å². The molecule has 0 aliphatic rings. The van der Waals surface area contributed by atoms with Crippen LogP contribution in [-0.2, 0) is 0 Å². The molecule has 0 bridgehead atoms. The van der Waals surface area contributed by atoms with Crippen LogP contribution in [0, 0.1) is 0 Å². The van der Waals surface area contributed by atoms with Gasteiger partial charge in [-0.05, 0) is 24.6 Å². The molecular formula is C13H15ClN4. The summed E-state index contributed by atoms with van der Waals surface area (Å²) in [5.41, 5.74) is 6.70. The second-order valence-corrected chi connectivity index (χ2v) is 4.50. The highest BCUT2D eigenvalue weighted by Gasteiger charge is 2.16. The minimum absolute atomic E-state index is 0.0699. The summed E-state index contributed by atoms with van der Waals surface area (Å²) in [6.07, 6.45) is 1.65. The van der Waals surface area contributed by atoms with Crippen molar-refractivity contribution in [1.82, 2.24) is 9.97 Å². The molecule has 2 rings (SSSR count). The number of nitrogens with zero attached hydrogens (tertiary/aromatic N) is 3. The number of hydrogen-bond acceptors (Lipinski definition) is 4. The van der Waals surface area contributed by atoms with E-state index < -0.39 is 0 Å². The monoisotopic (exact) mass is 262 g/mol. The minimum atomic E-state index is 0.0699. The molecule has 0 aliphatic heterocycles. The van der Waals surface area contributed by atoms with Crippen LogP contribution in [0.5, 0.6) is 0 Å². The van der Waals surface area contributed by atoms with E-state index >= 15 is 0 Å². The highest BCUT2D eigenvalue weighted by molar-refractivity contribution is 6.31. The number of anilines is 2. The molecule has 1 atom stereocenters. The van der Waals surface area contributed by atoms with Crippen LogP contribution < -0.4 is 10.6 Å². The van der Waals surface area contributed by atoms with E-state index in [1.165, 1.54) is 0 Å². The van der Waals surface area contributed by atoms with Crippen LogP contribution in [-0.4, -0.2) is 17.0 Å². The molecule has 1 aromatic carbocycles. The molecule has 0 aliphatic carbocycles. The number of rotatable bonds is 3. The smallest absolute Gasteiger partial charge is 0.227 e. The topological polar surface area (TPSA) is 55.0 Å². The number of nitrogen functional groups attached to an aromatic ring is 1. The van der Waals surface area contributed by atoms with Gasteiger partial charge in [-0.2, -0.15) is 4.98 Å². The molecule has 2 N–H and O–H groups in total. The highest BCUT2D eigenvalue weighted by Crippen LogP contribution is 2.28. The van der Waals surface area contributed by atoms with Gasteiger partial charge in [0.15, 0.2) is 0 Å². The second-order valence-electron chi connectivity index (χ2n) is 4.09. The normalized spacial score (nSPS) is 12.2. The number of nitrogens with two attached hydrogens (primary N) is 1. The largest absolute Gasteiger partial charge is 0.384 e. The van der Waals surface area contributed by atoms with Crippen molar-refractivity contribution >= 4 is 23.4 Å². The fourth-order valence-corrected chi connectivity index (χ4v) is 2.02. The average Bonchev–Trinajstić information content (AvgIpc) is 2.37. The van der Waals surface area contributed by atoms with Gasteiger partial charge < -0.3 is 10.6 Å². The zero-order valence-electron chi connectivity index (χ0n) is 10.3. The van der Waals surface area contributed by atoms with Crippen molar-refractivity contribution in [2.45, 2.75) is 13.0 Å². The van der Waals surface area contributed by atoms with E-state index in [-0.39, 0.29) is 6.04 Å². The van der Waals surface area contributed by atoms with Crippen molar-refractivity contribution in [3.8, 4) is 0 Å². The molecule has 1 unspecified atom stereocenters. The van der Waals surface area contributed by atoms with Gasteiger partial charge in [0.05, 0.1) is 6.04 Å². The Bertz CT molecular complexity index is 544. The Hall–Kier alpha value is -1.81. The molecule has 0 radical (unpaired) electrons. The average molecular weight is 263 g/mol. The van der Waals surface area contributed by atoms with Crippen molar-refractivity contribution in [2.75, 3.05) is 17.7 Å². The Morgan fingerprint density at radius 3 is 2.67 bits per heavy atom. The quantitative estimate of drug-likeness (QED) is 0.924. The van der Waals surface area contributed by atoms with Crippen molar-refractivity contribution in [3.63, 3.8) is 0 Å². The Labute approximate surface area is 111 Å². The lowest BCUT2D eigenvalue weighted by molar-refractivity contribution is 0.716. The first-order valence-corrected chi connectivity index (χ1v) is 6.03. The summed E-state index contributed by atoms with van der Waals surface area (Å²) < 4.78 is 0. The minimum Gasteiger partial charge on any atom is -0.384 e. The number of halogens is 1. The first-order chi connectivity index (χ1) is 8.59. The molecule has 4 nitrogen and oxygen atoms in total. The van der Waals surface area contributed by atoms with Gasteiger partial charge in [-0.15, -0.1) is 0 Å². The molecule has 94 valence electrons. The Kier molecular flexibility index (Phi) is 3.67. The molecule has 0 saturated carbocycles. The maximum atomic E-state index is 6.19. The van der Waals surface area contributed by atoms with E-state index in [0.717, 1.165) is 10.6 Å². The van der Waals surface area contributed by atoms with Crippen LogP contribution in [0.1, 0.15) is 18.5 Å². The third-order valence-corrected chi connectivity index (χ3v) is 3.26. The molecule has 0 fully saturated rings. The summed E-state index contributed by atoms with van der Waals surface area (Å²) in [5.74, 6) is 1.04. The lowest BCUT2D eigenvalue weighted by Gasteiger charge is -2.25. The van der Waals surface area contributed by atoms with Gasteiger partial charge in [-0.3, -0.25) is 0 Å². The molecule has 2 aromatic rings. The van der Waals surface area contributed by atoms with E-state index in [4.69, 9.17) is 17.3 Å². The summed E-state index contributed by atoms with van der Waals surface area (Å²) in [7, 11) is 1.92.